The predicted octanol–water partition coefficient (Wildman–Crippen LogP) is 0.0250. The fourth-order valence-corrected chi connectivity index (χ4v) is 1.17. The van der Waals surface area contributed by atoms with Crippen molar-refractivity contribution in [2.45, 2.75) is 18.9 Å². The van der Waals surface area contributed by atoms with Crippen LogP contribution < -0.4 is 0 Å². The molecule has 11 heavy (non-hydrogen) atoms. The lowest BCUT2D eigenvalue weighted by atomic mass is 10.2. The first kappa shape index (κ1) is 7.77. The van der Waals surface area contributed by atoms with Crippen LogP contribution in [0.25, 0.3) is 0 Å². The minimum absolute atomic E-state index is 0.0634. The highest BCUT2D eigenvalue weighted by molar-refractivity contribution is 5.57. The number of carbonyl (C=O) groups is 1. The molecule has 1 heterocycles. The van der Waals surface area contributed by atoms with E-state index in [0.29, 0.717) is 19.3 Å². The van der Waals surface area contributed by atoms with Gasteiger partial charge in [-0.05, 0) is 18.1 Å². The second kappa shape index (κ2) is 3.18. The van der Waals surface area contributed by atoms with E-state index in [1.165, 1.54) is 0 Å². The molecule has 0 amide bonds. The lowest BCUT2D eigenvalue weighted by molar-refractivity contribution is -0.690. The molecule has 0 aromatic heterocycles. The smallest absolute Gasteiger partial charge is 0.148 e. The van der Waals surface area contributed by atoms with E-state index in [0.717, 1.165) is 11.4 Å². The Balaban J connectivity index is 2.63. The van der Waals surface area contributed by atoms with Gasteiger partial charge in [0.05, 0.1) is 6.54 Å². The number of hydrogen-bond acceptors (Lipinski definition) is 4. The highest BCUT2D eigenvalue weighted by atomic mass is 16.6. The van der Waals surface area contributed by atoms with Gasteiger partial charge >= 0.3 is 0 Å². The van der Waals surface area contributed by atoms with E-state index in [1.807, 2.05) is 0 Å². The molecule has 1 saturated heterocycles. The Morgan fingerprint density at radius 1 is 1.73 bits per heavy atom. The van der Waals surface area contributed by atoms with Gasteiger partial charge in [0, 0.05) is 4.97 Å². The van der Waals surface area contributed by atoms with Crippen molar-refractivity contribution in [3.8, 4) is 0 Å². The Morgan fingerprint density at radius 3 is 3.00 bits per heavy atom. The van der Waals surface area contributed by atoms with Gasteiger partial charge in [0.1, 0.15) is 12.3 Å². The lowest BCUT2D eigenvalue weighted by Crippen LogP contribution is -2.35. The van der Waals surface area contributed by atoms with Crippen LogP contribution in [0.3, 0.4) is 0 Å². The summed E-state index contributed by atoms with van der Waals surface area (Å²) in [5.41, 5.74) is 0. The number of hydrazine groups is 1. The van der Waals surface area contributed by atoms with Crippen LogP contribution >= 0.6 is 0 Å². The Hall–Kier alpha value is -1.33. The van der Waals surface area contributed by atoms with Crippen LogP contribution in [-0.4, -0.2) is 28.9 Å². The van der Waals surface area contributed by atoms with Gasteiger partial charge in [0.15, 0.2) is 0 Å². The maximum absolute atomic E-state index is 10.6. The molecule has 0 saturated carbocycles. The van der Waals surface area contributed by atoms with Gasteiger partial charge in [-0.3, -0.25) is 0 Å². The molecule has 0 aromatic rings. The summed E-state index contributed by atoms with van der Waals surface area (Å²) in [5.74, 6) is 0. The molecular weight excluding hydrogens is 150 g/mol. The van der Waals surface area contributed by atoms with Crippen molar-refractivity contribution in [2.75, 3.05) is 6.54 Å². The zero-order chi connectivity index (χ0) is 8.27. The minimum Gasteiger partial charge on any atom is -0.737 e. The third kappa shape index (κ3) is 1.39. The molecule has 6 heteroatoms. The van der Waals surface area contributed by atoms with Crippen molar-refractivity contribution in [2.24, 2.45) is 5.28 Å². The van der Waals surface area contributed by atoms with Gasteiger partial charge in [-0.15, -0.1) is 5.01 Å². The number of nitrogens with zero attached hydrogens (tertiary/aromatic N) is 3. The van der Waals surface area contributed by atoms with Gasteiger partial charge < -0.3 is 15.2 Å². The maximum Gasteiger partial charge on any atom is 0.148 e. The van der Waals surface area contributed by atoms with Gasteiger partial charge in [-0.1, -0.05) is 0 Å². The number of aldehydes is 1. The van der Waals surface area contributed by atoms with Crippen molar-refractivity contribution in [1.29, 1.82) is 0 Å². The van der Waals surface area contributed by atoms with E-state index in [-0.39, 0.29) is 4.97 Å². The number of hydrogen-bond donors (Lipinski definition) is 0. The Morgan fingerprint density at radius 2 is 2.45 bits per heavy atom. The van der Waals surface area contributed by atoms with Crippen molar-refractivity contribution in [3.05, 3.63) is 10.4 Å². The van der Waals surface area contributed by atoms with Gasteiger partial charge in [0.25, 0.3) is 0 Å². The van der Waals surface area contributed by atoms with Crippen LogP contribution in [-0.2, 0) is 4.79 Å². The zero-order valence-electron chi connectivity index (χ0n) is 5.84. The van der Waals surface area contributed by atoms with E-state index < -0.39 is 6.04 Å². The molecule has 1 rings (SSSR count). The molecule has 1 fully saturated rings. The fourth-order valence-electron chi connectivity index (χ4n) is 1.17. The highest BCUT2D eigenvalue weighted by Gasteiger charge is 2.29. The van der Waals surface area contributed by atoms with Crippen molar-refractivity contribution in [1.82, 2.24) is 5.01 Å². The molecule has 0 bridgehead atoms. The van der Waals surface area contributed by atoms with E-state index in [1.54, 1.807) is 0 Å². The van der Waals surface area contributed by atoms with E-state index >= 15 is 0 Å². The summed E-state index contributed by atoms with van der Waals surface area (Å²) >= 11 is 0. The summed E-state index contributed by atoms with van der Waals surface area (Å²) in [7, 11) is 0. The SMILES string of the molecule is O=CC1CCCN1/[N+]([O-])=N/[O-]. The topological polar surface area (TPSA) is 81.8 Å². The number of carbonyl (C=O) groups excluding carboxylic acids is 1. The van der Waals surface area contributed by atoms with Crippen LogP contribution in [0.2, 0.25) is 0 Å². The molecule has 0 N–H and O–H groups in total. The van der Waals surface area contributed by atoms with Crippen molar-refractivity contribution >= 4 is 6.29 Å². The summed E-state index contributed by atoms with van der Waals surface area (Å²) in [6.07, 6.45) is 2.03. The summed E-state index contributed by atoms with van der Waals surface area (Å²) in [6.45, 7) is 0.429. The minimum atomic E-state index is -0.467. The van der Waals surface area contributed by atoms with Crippen LogP contribution in [0.5, 0.6) is 0 Å². The molecule has 62 valence electrons. The van der Waals surface area contributed by atoms with Gasteiger partial charge in [0.2, 0.25) is 0 Å². The van der Waals surface area contributed by atoms with Crippen molar-refractivity contribution < 1.29 is 9.76 Å². The standard InChI is InChI=1S/C5H9N3O3/c9-4-5-2-1-3-7(5)8(11)6-10/h4-5,10H,1-3H2/p-1/b8-6-. The third-order valence-corrected chi connectivity index (χ3v) is 1.72. The quantitative estimate of drug-likeness (QED) is 0.245. The van der Waals surface area contributed by atoms with Crippen LogP contribution in [0.4, 0.5) is 0 Å². The predicted molar refractivity (Wildman–Crippen MR) is 35.2 cm³/mol. The summed E-state index contributed by atoms with van der Waals surface area (Å²) in [4.78, 5) is 10.2. The number of rotatable bonds is 2. The molecule has 1 aliphatic heterocycles. The first-order chi connectivity index (χ1) is 5.29. The van der Waals surface area contributed by atoms with Gasteiger partial charge in [-0.25, -0.2) is 0 Å². The summed E-state index contributed by atoms with van der Waals surface area (Å²) in [5, 5.41) is 23.6. The first-order valence-corrected chi connectivity index (χ1v) is 3.32. The average Bonchev–Trinajstić information content (AvgIpc) is 2.50. The van der Waals surface area contributed by atoms with E-state index in [9.17, 15) is 15.2 Å². The molecule has 1 unspecified atom stereocenters. The van der Waals surface area contributed by atoms with Crippen LogP contribution in [0.15, 0.2) is 5.28 Å². The zero-order valence-corrected chi connectivity index (χ0v) is 5.84. The fraction of sp³-hybridized carbons (Fsp3) is 0.800. The van der Waals surface area contributed by atoms with E-state index in [2.05, 4.69) is 5.28 Å². The lowest BCUT2D eigenvalue weighted by Gasteiger charge is -2.16. The third-order valence-electron chi connectivity index (χ3n) is 1.72. The monoisotopic (exact) mass is 158 g/mol. The molecule has 6 nitrogen and oxygen atoms in total. The largest absolute Gasteiger partial charge is 0.737 e. The average molecular weight is 158 g/mol. The summed E-state index contributed by atoms with van der Waals surface area (Å²) < 4.78 is 0. The molecule has 1 aliphatic rings. The molecule has 0 aromatic carbocycles. The maximum atomic E-state index is 10.6. The van der Waals surface area contributed by atoms with Crippen LogP contribution in [0, 0.1) is 10.4 Å². The second-order valence-electron chi connectivity index (χ2n) is 2.34. The molecule has 0 spiro atoms. The Bertz CT molecular complexity index is 182. The Kier molecular flexibility index (Phi) is 2.25. The second-order valence-corrected chi connectivity index (χ2v) is 2.34. The molecular formula is C5H8N3O3-. The first-order valence-electron chi connectivity index (χ1n) is 3.32. The van der Waals surface area contributed by atoms with Crippen LogP contribution in [0.1, 0.15) is 12.8 Å². The molecule has 0 radical (unpaired) electrons. The van der Waals surface area contributed by atoms with Crippen molar-refractivity contribution in [3.63, 3.8) is 0 Å². The normalized spacial score (nSPS) is 25.6. The molecule has 0 aliphatic carbocycles. The summed E-state index contributed by atoms with van der Waals surface area (Å²) in [6, 6.07) is -0.467. The Labute approximate surface area is 63.2 Å². The molecule has 1 atom stereocenters. The van der Waals surface area contributed by atoms with Gasteiger partial charge in [-0.2, -0.15) is 0 Å². The van der Waals surface area contributed by atoms with E-state index in [4.69, 9.17) is 0 Å². The highest BCUT2D eigenvalue weighted by Crippen LogP contribution is 2.14.